The highest BCUT2D eigenvalue weighted by Gasteiger charge is 2.18. The summed E-state index contributed by atoms with van der Waals surface area (Å²) in [4.78, 5) is 33.9. The van der Waals surface area contributed by atoms with Gasteiger partial charge < -0.3 is 15.0 Å². The largest absolute Gasteiger partial charge is 0.480 e. The molecule has 0 aromatic carbocycles. The minimum Gasteiger partial charge on any atom is -0.480 e. The van der Waals surface area contributed by atoms with Crippen LogP contribution < -0.4 is 10.9 Å². The molecule has 6 nitrogen and oxygen atoms in total. The number of hydrogen-bond acceptors (Lipinski definition) is 3. The summed E-state index contributed by atoms with van der Waals surface area (Å²) in [6.07, 6.45) is 2.75. The Hall–Kier alpha value is -2.11. The van der Waals surface area contributed by atoms with Gasteiger partial charge in [0.1, 0.15) is 6.04 Å². The molecule has 0 aliphatic heterocycles. The van der Waals surface area contributed by atoms with Gasteiger partial charge in [0.2, 0.25) is 5.91 Å². The van der Waals surface area contributed by atoms with Crippen LogP contribution in [0.4, 0.5) is 0 Å². The van der Waals surface area contributed by atoms with Crippen LogP contribution in [0.3, 0.4) is 0 Å². The van der Waals surface area contributed by atoms with Crippen molar-refractivity contribution in [3.8, 4) is 0 Å². The Kier molecular flexibility index (Phi) is 5.78. The van der Waals surface area contributed by atoms with E-state index in [-0.39, 0.29) is 24.4 Å². The Bertz CT molecular complexity index is 495. The Labute approximate surface area is 111 Å². The molecule has 1 unspecified atom stereocenters. The van der Waals surface area contributed by atoms with E-state index in [0.29, 0.717) is 12.8 Å². The minimum absolute atomic E-state index is 0.0808. The maximum absolute atomic E-state index is 11.6. The summed E-state index contributed by atoms with van der Waals surface area (Å²) in [7, 11) is 0. The van der Waals surface area contributed by atoms with Crippen LogP contribution >= 0.6 is 0 Å². The van der Waals surface area contributed by atoms with Crippen LogP contribution in [0.2, 0.25) is 0 Å². The predicted molar refractivity (Wildman–Crippen MR) is 69.8 cm³/mol. The maximum Gasteiger partial charge on any atom is 0.326 e. The Balaban J connectivity index is 2.49. The van der Waals surface area contributed by atoms with Gasteiger partial charge in [-0.15, -0.1) is 0 Å². The molecule has 1 rings (SSSR count). The van der Waals surface area contributed by atoms with Gasteiger partial charge in [0.15, 0.2) is 0 Å². The Morgan fingerprint density at radius 3 is 2.74 bits per heavy atom. The number of carboxylic acids is 1. The van der Waals surface area contributed by atoms with Gasteiger partial charge in [-0.3, -0.25) is 9.59 Å². The van der Waals surface area contributed by atoms with Crippen molar-refractivity contribution in [3.63, 3.8) is 0 Å². The molecule has 1 aromatic heterocycles. The lowest BCUT2D eigenvalue weighted by Gasteiger charge is -2.13. The number of aliphatic carboxylic acids is 1. The van der Waals surface area contributed by atoms with Gasteiger partial charge >= 0.3 is 5.97 Å². The number of nitrogens with zero attached hydrogens (tertiary/aromatic N) is 1. The second kappa shape index (κ2) is 7.35. The summed E-state index contributed by atoms with van der Waals surface area (Å²) in [6, 6.07) is 3.89. The third-order valence-corrected chi connectivity index (χ3v) is 2.69. The predicted octanol–water partition coefficient (Wildman–Crippen LogP) is 0.608. The van der Waals surface area contributed by atoms with Crippen LogP contribution in [0.5, 0.6) is 0 Å². The molecule has 0 fully saturated rings. The SMILES string of the molecule is CCCC(NC(=O)CCn1ccccc1=O)C(=O)O. The van der Waals surface area contributed by atoms with Crippen LogP contribution in [0, 0.1) is 0 Å². The third-order valence-electron chi connectivity index (χ3n) is 2.69. The molecule has 0 aliphatic rings. The number of nitrogens with one attached hydrogen (secondary N) is 1. The number of aromatic nitrogens is 1. The number of hydrogen-bond donors (Lipinski definition) is 2. The zero-order chi connectivity index (χ0) is 14.3. The molecular formula is C13H18N2O4. The highest BCUT2D eigenvalue weighted by Crippen LogP contribution is 1.98. The molecule has 1 amide bonds. The fourth-order valence-electron chi connectivity index (χ4n) is 1.68. The van der Waals surface area contributed by atoms with E-state index in [2.05, 4.69) is 5.32 Å². The molecule has 1 atom stereocenters. The lowest BCUT2D eigenvalue weighted by molar-refractivity contribution is -0.142. The Morgan fingerprint density at radius 1 is 1.42 bits per heavy atom. The molecule has 6 heteroatoms. The normalized spacial score (nSPS) is 11.8. The van der Waals surface area contributed by atoms with Gasteiger partial charge in [-0.1, -0.05) is 19.4 Å². The van der Waals surface area contributed by atoms with E-state index in [1.165, 1.54) is 10.6 Å². The number of carboxylic acid groups (broad SMARTS) is 1. The van der Waals surface area contributed by atoms with Gasteiger partial charge in [-0.25, -0.2) is 4.79 Å². The zero-order valence-electron chi connectivity index (χ0n) is 10.8. The Morgan fingerprint density at radius 2 is 2.16 bits per heavy atom. The van der Waals surface area contributed by atoms with E-state index in [1.54, 1.807) is 18.3 Å². The van der Waals surface area contributed by atoms with Crippen molar-refractivity contribution in [2.75, 3.05) is 0 Å². The van der Waals surface area contributed by atoms with Crippen LogP contribution in [-0.4, -0.2) is 27.6 Å². The maximum atomic E-state index is 11.6. The van der Waals surface area contributed by atoms with Crippen molar-refractivity contribution in [3.05, 3.63) is 34.7 Å². The highest BCUT2D eigenvalue weighted by molar-refractivity contribution is 5.83. The van der Waals surface area contributed by atoms with Crippen molar-refractivity contribution >= 4 is 11.9 Å². The second-order valence-corrected chi connectivity index (χ2v) is 4.23. The smallest absolute Gasteiger partial charge is 0.326 e. The third kappa shape index (κ3) is 4.95. The first-order valence-electron chi connectivity index (χ1n) is 6.22. The van der Waals surface area contributed by atoms with Crippen molar-refractivity contribution < 1.29 is 14.7 Å². The fraction of sp³-hybridized carbons (Fsp3) is 0.462. The van der Waals surface area contributed by atoms with E-state index in [9.17, 15) is 14.4 Å². The summed E-state index contributed by atoms with van der Waals surface area (Å²) in [5.41, 5.74) is -0.182. The first-order chi connectivity index (χ1) is 9.04. The number of carbonyl (C=O) groups is 2. The average Bonchev–Trinajstić information content (AvgIpc) is 2.37. The summed E-state index contributed by atoms with van der Waals surface area (Å²) in [5, 5.41) is 11.4. The van der Waals surface area contributed by atoms with E-state index in [1.807, 2.05) is 6.92 Å². The van der Waals surface area contributed by atoms with E-state index < -0.39 is 12.0 Å². The summed E-state index contributed by atoms with van der Waals surface area (Å²) in [6.45, 7) is 2.09. The molecule has 1 heterocycles. The summed E-state index contributed by atoms with van der Waals surface area (Å²) < 4.78 is 1.41. The summed E-state index contributed by atoms with van der Waals surface area (Å²) >= 11 is 0. The summed E-state index contributed by atoms with van der Waals surface area (Å²) in [5.74, 6) is -1.40. The van der Waals surface area contributed by atoms with Crippen LogP contribution in [0.25, 0.3) is 0 Å². The molecule has 0 radical (unpaired) electrons. The van der Waals surface area contributed by atoms with Gasteiger partial charge in [-0.2, -0.15) is 0 Å². The average molecular weight is 266 g/mol. The standard InChI is InChI=1S/C13H18N2O4/c1-2-5-10(13(18)19)14-11(16)7-9-15-8-4-3-6-12(15)17/h3-4,6,8,10H,2,5,7,9H2,1H3,(H,14,16)(H,18,19). The number of aryl methyl sites for hydroxylation is 1. The molecule has 0 bridgehead atoms. The minimum atomic E-state index is -1.04. The zero-order valence-corrected chi connectivity index (χ0v) is 10.8. The molecule has 1 aromatic rings. The van der Waals surface area contributed by atoms with Gasteiger partial charge in [0, 0.05) is 25.2 Å². The van der Waals surface area contributed by atoms with Crippen molar-refractivity contribution in [2.45, 2.75) is 38.8 Å². The van der Waals surface area contributed by atoms with Gasteiger partial charge in [-0.05, 0) is 12.5 Å². The first kappa shape index (κ1) is 14.9. The topological polar surface area (TPSA) is 88.4 Å². The first-order valence-corrected chi connectivity index (χ1v) is 6.22. The molecular weight excluding hydrogens is 248 g/mol. The molecule has 2 N–H and O–H groups in total. The number of amides is 1. The quantitative estimate of drug-likeness (QED) is 0.756. The number of rotatable bonds is 7. The molecule has 0 spiro atoms. The van der Waals surface area contributed by atoms with E-state index >= 15 is 0 Å². The molecule has 0 aliphatic carbocycles. The van der Waals surface area contributed by atoms with Crippen LogP contribution in [0.1, 0.15) is 26.2 Å². The van der Waals surface area contributed by atoms with Crippen LogP contribution in [0.15, 0.2) is 29.2 Å². The number of carbonyl (C=O) groups excluding carboxylic acids is 1. The lowest BCUT2D eigenvalue weighted by Crippen LogP contribution is -2.41. The van der Waals surface area contributed by atoms with Crippen LogP contribution in [-0.2, 0) is 16.1 Å². The molecule has 0 saturated heterocycles. The highest BCUT2D eigenvalue weighted by atomic mass is 16.4. The second-order valence-electron chi connectivity index (χ2n) is 4.23. The van der Waals surface area contributed by atoms with Crippen molar-refractivity contribution in [1.82, 2.24) is 9.88 Å². The van der Waals surface area contributed by atoms with Gasteiger partial charge in [0.05, 0.1) is 0 Å². The lowest BCUT2D eigenvalue weighted by atomic mass is 10.1. The van der Waals surface area contributed by atoms with Crippen molar-refractivity contribution in [1.29, 1.82) is 0 Å². The fourth-order valence-corrected chi connectivity index (χ4v) is 1.68. The molecule has 0 saturated carbocycles. The van der Waals surface area contributed by atoms with Crippen molar-refractivity contribution in [2.24, 2.45) is 0 Å². The van der Waals surface area contributed by atoms with E-state index in [4.69, 9.17) is 5.11 Å². The monoisotopic (exact) mass is 266 g/mol. The molecule has 19 heavy (non-hydrogen) atoms. The number of pyridine rings is 1. The van der Waals surface area contributed by atoms with E-state index in [0.717, 1.165) is 0 Å². The van der Waals surface area contributed by atoms with Gasteiger partial charge in [0.25, 0.3) is 5.56 Å². The molecule has 104 valence electrons.